The van der Waals surface area contributed by atoms with Crippen molar-refractivity contribution in [2.24, 2.45) is 0 Å². The van der Waals surface area contributed by atoms with E-state index in [1.165, 1.54) is 0 Å². The quantitative estimate of drug-likeness (QED) is 0.505. The Morgan fingerprint density at radius 2 is 0.400 bits per heavy atom. The van der Waals surface area contributed by atoms with Crippen molar-refractivity contribution >= 4 is 0 Å². The second kappa shape index (κ2) is 86.3. The average molecular weight is 153 g/mol. The molecule has 35 valence electrons. The summed E-state index contributed by atoms with van der Waals surface area (Å²) in [7, 11) is 0. The molecule has 0 aliphatic heterocycles. The van der Waals surface area contributed by atoms with Crippen molar-refractivity contribution in [3.05, 3.63) is 24.6 Å². The Bertz CT molecular complexity index is 3.61. The minimum Gasteiger partial charge on any atom is -0.693 e. The molecule has 0 heterocycles. The van der Waals surface area contributed by atoms with Gasteiger partial charge in [0.1, 0.15) is 0 Å². The van der Waals surface area contributed by atoms with E-state index >= 15 is 0 Å². The van der Waals surface area contributed by atoms with E-state index in [1.54, 1.807) is 0 Å². The summed E-state index contributed by atoms with van der Waals surface area (Å²) < 4.78 is 0. The van der Waals surface area contributed by atoms with Gasteiger partial charge in [-0.3, -0.25) is 0 Å². The molecular weight excluding hydrogens is 145 g/mol. The van der Waals surface area contributed by atoms with Gasteiger partial charge in [-0.25, -0.2) is 0 Å². The molecule has 8 N–H and O–H groups in total. The summed E-state index contributed by atoms with van der Waals surface area (Å²) in [4.78, 5) is 0. The molecule has 0 saturated carbocycles. The molecule has 0 unspecified atom stereocenters. The third-order valence-electron chi connectivity index (χ3n) is 0. The van der Waals surface area contributed by atoms with Gasteiger partial charge in [-0.15, -0.1) is 0 Å². The van der Waals surface area contributed by atoms with Crippen LogP contribution in [-0.2, 0) is 32.7 Å². The van der Waals surface area contributed by atoms with Gasteiger partial charge in [0, 0.05) is 32.7 Å². The third-order valence-corrected chi connectivity index (χ3v) is 0. The van der Waals surface area contributed by atoms with E-state index in [2.05, 4.69) is 0 Å². The fourth-order valence-electron chi connectivity index (χ4n) is 0. The average Bonchev–Trinajstić information content (AvgIpc) is 0. The summed E-state index contributed by atoms with van der Waals surface area (Å²) in [5.74, 6) is 0. The molecule has 0 aromatic carbocycles. The van der Waals surface area contributed by atoms with Crippen LogP contribution in [0.1, 0.15) is 0 Å². The second-order valence-electron chi connectivity index (χ2n) is 0. The molecule has 1 radical (unpaired) electrons. The van der Waals surface area contributed by atoms with Gasteiger partial charge < -0.3 is 24.6 Å². The van der Waals surface area contributed by atoms with E-state index in [-0.39, 0.29) is 57.3 Å². The van der Waals surface area contributed by atoms with Crippen molar-refractivity contribution in [3.63, 3.8) is 0 Å². The predicted octanol–water partition coefficient (Wildman–Crippen LogP) is 2.87. The van der Waals surface area contributed by atoms with Crippen molar-refractivity contribution in [1.29, 1.82) is 0 Å². The Kier molecular flexibility index (Phi) is 2810. The number of nitrogens with two attached hydrogens (primary N) is 4. The fourth-order valence-corrected chi connectivity index (χ4v) is 0. The first-order valence-corrected chi connectivity index (χ1v) is 0. The van der Waals surface area contributed by atoms with E-state index in [0.717, 1.165) is 0 Å². The van der Waals surface area contributed by atoms with E-state index < -0.39 is 0 Å². The maximum atomic E-state index is 0. The van der Waals surface area contributed by atoms with Gasteiger partial charge >= 0.3 is 0 Å². The van der Waals surface area contributed by atoms with Crippen LogP contribution in [0.2, 0.25) is 0 Å². The Morgan fingerprint density at radius 3 is 0.400 bits per heavy atom. The number of hydrogen-bond acceptors (Lipinski definition) is 0. The van der Waals surface area contributed by atoms with Gasteiger partial charge in [0.05, 0.1) is 0 Å². The van der Waals surface area contributed by atoms with Gasteiger partial charge in [-0.05, 0) is 0 Å². The molecule has 4 nitrogen and oxygen atoms in total. The Labute approximate surface area is 57.3 Å². The van der Waals surface area contributed by atoms with Crippen molar-refractivity contribution in [1.82, 2.24) is 0 Å². The molecular formula is H8N4Y-4. The van der Waals surface area contributed by atoms with Crippen LogP contribution in [0, 0.1) is 0 Å². The first-order chi connectivity index (χ1) is 0. The summed E-state index contributed by atoms with van der Waals surface area (Å²) in [6, 6.07) is 0. The zero-order chi connectivity index (χ0) is 0. The van der Waals surface area contributed by atoms with Gasteiger partial charge in [0.15, 0.2) is 0 Å². The van der Waals surface area contributed by atoms with Gasteiger partial charge in [-0.1, -0.05) is 0 Å². The molecule has 0 aromatic heterocycles. The van der Waals surface area contributed by atoms with Gasteiger partial charge in [0.2, 0.25) is 0 Å². The van der Waals surface area contributed by atoms with E-state index in [1.807, 2.05) is 0 Å². The summed E-state index contributed by atoms with van der Waals surface area (Å²) in [6.45, 7) is 0. The van der Waals surface area contributed by atoms with Crippen LogP contribution >= 0.6 is 0 Å². The zero-order valence-electron chi connectivity index (χ0n) is 2.89. The molecule has 0 aromatic rings. The molecule has 0 spiro atoms. The molecule has 0 amide bonds. The van der Waals surface area contributed by atoms with Crippen LogP contribution in [0.5, 0.6) is 0 Å². The fraction of sp³-hybridized carbons (Fsp3) is 0. The summed E-state index contributed by atoms with van der Waals surface area (Å²) in [6.07, 6.45) is 0. The third kappa shape index (κ3) is 48.1. The molecule has 0 fully saturated rings. The van der Waals surface area contributed by atoms with E-state index in [9.17, 15) is 0 Å². The molecule has 0 saturated heterocycles. The number of hydrogen-bond donors (Lipinski definition) is 0. The maximum Gasteiger partial charge on any atom is 0 e. The first kappa shape index (κ1) is 163. The molecule has 0 aliphatic rings. The van der Waals surface area contributed by atoms with Gasteiger partial charge in [-0.2, -0.15) is 0 Å². The standard InChI is InChI=1S/4H2N.Y/h4*1H2;/q4*-1;. The van der Waals surface area contributed by atoms with Crippen LogP contribution in [0.3, 0.4) is 0 Å². The van der Waals surface area contributed by atoms with Crippen molar-refractivity contribution < 1.29 is 32.7 Å². The van der Waals surface area contributed by atoms with Crippen LogP contribution < -0.4 is 0 Å². The topological polar surface area (TPSA) is 134 Å². The van der Waals surface area contributed by atoms with Crippen LogP contribution in [0.4, 0.5) is 0 Å². The van der Waals surface area contributed by atoms with Gasteiger partial charge in [0.25, 0.3) is 0 Å². The molecule has 0 atom stereocenters. The Morgan fingerprint density at radius 1 is 0.400 bits per heavy atom. The van der Waals surface area contributed by atoms with Crippen LogP contribution in [0.25, 0.3) is 24.6 Å². The zero-order valence-corrected chi connectivity index (χ0v) is 5.73. The molecule has 5 heteroatoms. The molecule has 0 bridgehead atoms. The predicted molar refractivity (Wildman–Crippen MR) is 21.1 cm³/mol. The van der Waals surface area contributed by atoms with Crippen molar-refractivity contribution in [3.8, 4) is 0 Å². The van der Waals surface area contributed by atoms with Crippen LogP contribution in [-0.4, -0.2) is 0 Å². The largest absolute Gasteiger partial charge is 0.693 e. The minimum atomic E-state index is 0. The van der Waals surface area contributed by atoms with Crippen molar-refractivity contribution in [2.75, 3.05) is 0 Å². The summed E-state index contributed by atoms with van der Waals surface area (Å²) in [5.41, 5.74) is 0. The Hall–Kier alpha value is 0.944. The smallest absolute Gasteiger partial charge is 0 e. The van der Waals surface area contributed by atoms with E-state index in [0.29, 0.717) is 0 Å². The number of rotatable bonds is 0. The minimum absolute atomic E-state index is 0. The van der Waals surface area contributed by atoms with E-state index in [4.69, 9.17) is 0 Å². The van der Waals surface area contributed by atoms with Crippen LogP contribution in [0.15, 0.2) is 0 Å². The van der Waals surface area contributed by atoms with Crippen molar-refractivity contribution in [2.45, 2.75) is 0 Å². The maximum absolute atomic E-state index is 0. The summed E-state index contributed by atoms with van der Waals surface area (Å²) >= 11 is 0. The Balaban J connectivity index is 0. The SMILES string of the molecule is [NH2-].[NH2-].[NH2-].[NH2-].[Y]. The first-order valence-electron chi connectivity index (χ1n) is 0. The molecule has 0 rings (SSSR count). The second-order valence-corrected chi connectivity index (χ2v) is 0. The molecule has 0 aliphatic carbocycles. The normalized spacial score (nSPS) is 0. The molecule has 5 heavy (non-hydrogen) atoms. The monoisotopic (exact) mass is 153 g/mol. The summed E-state index contributed by atoms with van der Waals surface area (Å²) in [5, 5.41) is 0.